The monoisotopic (exact) mass is 230 g/mol. The van der Waals surface area contributed by atoms with Crippen molar-refractivity contribution in [3.63, 3.8) is 0 Å². The summed E-state index contributed by atoms with van der Waals surface area (Å²) < 4.78 is 18.2. The van der Waals surface area contributed by atoms with Gasteiger partial charge in [0.15, 0.2) is 0 Å². The molecule has 0 aliphatic rings. The van der Waals surface area contributed by atoms with Crippen LogP contribution in [0.1, 0.15) is 30.1 Å². The Morgan fingerprint density at radius 2 is 2.27 bits per heavy atom. The van der Waals surface area contributed by atoms with Crippen molar-refractivity contribution in [2.45, 2.75) is 19.8 Å². The minimum absolute atomic E-state index is 0.0766. The number of unbranched alkanes of at least 4 members (excludes halogenated alkanes) is 1. The Morgan fingerprint density at radius 3 is 2.87 bits per heavy atom. The molecule has 0 saturated heterocycles. The third-order valence-electron chi connectivity index (χ3n) is 1.91. The van der Waals surface area contributed by atoms with Gasteiger partial charge in [-0.25, -0.2) is 4.39 Å². The molecule has 82 valence electrons. The van der Waals surface area contributed by atoms with E-state index >= 15 is 0 Å². The Balaban J connectivity index is 2.81. The Labute approximate surface area is 93.0 Å². The zero-order valence-electron chi connectivity index (χ0n) is 8.43. The molecule has 0 N–H and O–H groups in total. The largest absolute Gasteiger partial charge is 0.493 e. The van der Waals surface area contributed by atoms with Crippen LogP contribution in [0, 0.1) is 5.82 Å². The molecular weight excluding hydrogens is 219 g/mol. The van der Waals surface area contributed by atoms with Crippen molar-refractivity contribution in [3.05, 3.63) is 29.6 Å². The van der Waals surface area contributed by atoms with Gasteiger partial charge in [0.25, 0.3) is 5.24 Å². The van der Waals surface area contributed by atoms with Gasteiger partial charge in [-0.1, -0.05) is 13.3 Å². The second kappa shape index (κ2) is 5.71. The van der Waals surface area contributed by atoms with Crippen molar-refractivity contribution in [3.8, 4) is 5.75 Å². The smallest absolute Gasteiger partial charge is 0.256 e. The molecule has 0 aliphatic carbocycles. The van der Waals surface area contributed by atoms with E-state index < -0.39 is 11.1 Å². The number of benzene rings is 1. The molecule has 0 radical (unpaired) electrons. The zero-order valence-corrected chi connectivity index (χ0v) is 9.18. The van der Waals surface area contributed by atoms with E-state index in [0.29, 0.717) is 12.4 Å². The molecular formula is C11H12ClFO2. The fourth-order valence-electron chi connectivity index (χ4n) is 1.11. The van der Waals surface area contributed by atoms with E-state index in [2.05, 4.69) is 0 Å². The number of hydrogen-bond acceptors (Lipinski definition) is 2. The minimum Gasteiger partial charge on any atom is -0.493 e. The highest BCUT2D eigenvalue weighted by Gasteiger charge is 2.11. The van der Waals surface area contributed by atoms with Crippen LogP contribution in [0.25, 0.3) is 0 Å². The van der Waals surface area contributed by atoms with Crippen molar-refractivity contribution in [1.29, 1.82) is 0 Å². The van der Waals surface area contributed by atoms with Gasteiger partial charge in [-0.05, 0) is 36.2 Å². The first-order valence-corrected chi connectivity index (χ1v) is 5.15. The van der Waals surface area contributed by atoms with E-state index in [1.54, 1.807) is 0 Å². The second-order valence-electron chi connectivity index (χ2n) is 3.12. The van der Waals surface area contributed by atoms with Crippen LogP contribution in [0.5, 0.6) is 5.75 Å². The van der Waals surface area contributed by atoms with Crippen LogP contribution in [0.3, 0.4) is 0 Å². The summed E-state index contributed by atoms with van der Waals surface area (Å²) in [6.07, 6.45) is 1.87. The van der Waals surface area contributed by atoms with Gasteiger partial charge in [-0.3, -0.25) is 4.79 Å². The highest BCUT2D eigenvalue weighted by Crippen LogP contribution is 2.21. The zero-order chi connectivity index (χ0) is 11.3. The molecule has 1 aromatic rings. The van der Waals surface area contributed by atoms with Gasteiger partial charge in [0.2, 0.25) is 0 Å². The van der Waals surface area contributed by atoms with Gasteiger partial charge < -0.3 is 4.74 Å². The molecule has 15 heavy (non-hydrogen) atoms. The van der Waals surface area contributed by atoms with Crippen molar-refractivity contribution in [1.82, 2.24) is 0 Å². The molecule has 1 rings (SSSR count). The lowest BCUT2D eigenvalue weighted by Crippen LogP contribution is -2.02. The predicted octanol–water partition coefficient (Wildman–Crippen LogP) is 3.38. The van der Waals surface area contributed by atoms with Crippen molar-refractivity contribution < 1.29 is 13.9 Å². The molecule has 0 amide bonds. The van der Waals surface area contributed by atoms with E-state index in [1.807, 2.05) is 6.92 Å². The van der Waals surface area contributed by atoms with Gasteiger partial charge in [0, 0.05) is 0 Å². The molecule has 0 atom stereocenters. The molecule has 0 fully saturated rings. The van der Waals surface area contributed by atoms with E-state index in [9.17, 15) is 9.18 Å². The molecule has 0 bridgehead atoms. The SMILES string of the molecule is CCCCOc1ccc(F)cc1C(=O)Cl. The van der Waals surface area contributed by atoms with Crippen LogP contribution in [0.15, 0.2) is 18.2 Å². The summed E-state index contributed by atoms with van der Waals surface area (Å²) in [5.41, 5.74) is 0.0766. The topological polar surface area (TPSA) is 26.3 Å². The Bertz CT molecular complexity index is 352. The summed E-state index contributed by atoms with van der Waals surface area (Å²) in [6.45, 7) is 2.53. The first-order valence-electron chi connectivity index (χ1n) is 4.77. The molecule has 1 aromatic carbocycles. The molecule has 0 saturated carbocycles. The van der Waals surface area contributed by atoms with E-state index in [-0.39, 0.29) is 5.56 Å². The summed E-state index contributed by atoms with van der Waals surface area (Å²) in [6, 6.07) is 3.74. The van der Waals surface area contributed by atoms with E-state index in [4.69, 9.17) is 16.3 Å². The maximum atomic E-state index is 12.8. The highest BCUT2D eigenvalue weighted by atomic mass is 35.5. The number of carbonyl (C=O) groups excluding carboxylic acids is 1. The summed E-state index contributed by atoms with van der Waals surface area (Å²) in [5, 5.41) is -0.707. The molecule has 4 heteroatoms. The molecule has 0 aliphatic heterocycles. The Hall–Kier alpha value is -1.09. The standard InChI is InChI=1S/C11H12ClFO2/c1-2-3-6-15-10-5-4-8(13)7-9(10)11(12)14/h4-5,7H,2-3,6H2,1H3. The first kappa shape index (κ1) is 12.0. The van der Waals surface area contributed by atoms with Crippen LogP contribution in [0.2, 0.25) is 0 Å². The molecule has 2 nitrogen and oxygen atoms in total. The summed E-state index contributed by atoms with van der Waals surface area (Å²) >= 11 is 5.31. The van der Waals surface area contributed by atoms with Crippen molar-refractivity contribution in [2.75, 3.05) is 6.61 Å². The quantitative estimate of drug-likeness (QED) is 0.573. The lowest BCUT2D eigenvalue weighted by Gasteiger charge is -2.08. The summed E-state index contributed by atoms with van der Waals surface area (Å²) in [4.78, 5) is 11.0. The second-order valence-corrected chi connectivity index (χ2v) is 3.46. The predicted molar refractivity (Wildman–Crippen MR) is 57.0 cm³/mol. The Kier molecular flexibility index (Phi) is 4.56. The fraction of sp³-hybridized carbons (Fsp3) is 0.364. The van der Waals surface area contributed by atoms with Crippen molar-refractivity contribution in [2.24, 2.45) is 0 Å². The normalized spacial score (nSPS) is 10.1. The van der Waals surface area contributed by atoms with Gasteiger partial charge in [-0.15, -0.1) is 0 Å². The number of carbonyl (C=O) groups is 1. The molecule has 0 heterocycles. The highest BCUT2D eigenvalue weighted by molar-refractivity contribution is 6.68. The van der Waals surface area contributed by atoms with Crippen LogP contribution in [-0.2, 0) is 0 Å². The average molecular weight is 231 g/mol. The van der Waals surface area contributed by atoms with Crippen LogP contribution in [-0.4, -0.2) is 11.8 Å². The van der Waals surface area contributed by atoms with Crippen LogP contribution < -0.4 is 4.74 Å². The molecule has 0 aromatic heterocycles. The molecule has 0 unspecified atom stereocenters. The Morgan fingerprint density at radius 1 is 1.53 bits per heavy atom. The molecule has 0 spiro atoms. The number of ether oxygens (including phenoxy) is 1. The van der Waals surface area contributed by atoms with E-state index in [1.165, 1.54) is 12.1 Å². The van der Waals surface area contributed by atoms with E-state index in [0.717, 1.165) is 18.9 Å². The lowest BCUT2D eigenvalue weighted by atomic mass is 10.2. The third kappa shape index (κ3) is 3.51. The number of hydrogen-bond donors (Lipinski definition) is 0. The summed E-state index contributed by atoms with van der Waals surface area (Å²) in [7, 11) is 0. The van der Waals surface area contributed by atoms with Gasteiger partial charge in [0.1, 0.15) is 11.6 Å². The minimum atomic E-state index is -0.707. The van der Waals surface area contributed by atoms with Crippen LogP contribution in [0.4, 0.5) is 4.39 Å². The van der Waals surface area contributed by atoms with Gasteiger partial charge in [-0.2, -0.15) is 0 Å². The fourth-order valence-corrected chi connectivity index (χ4v) is 1.26. The maximum Gasteiger partial charge on any atom is 0.256 e. The first-order chi connectivity index (χ1) is 7.15. The van der Waals surface area contributed by atoms with Crippen LogP contribution >= 0.6 is 11.6 Å². The van der Waals surface area contributed by atoms with Gasteiger partial charge >= 0.3 is 0 Å². The van der Waals surface area contributed by atoms with Crippen molar-refractivity contribution >= 4 is 16.8 Å². The number of halogens is 2. The lowest BCUT2D eigenvalue weighted by molar-refractivity contribution is 0.107. The summed E-state index contributed by atoms with van der Waals surface area (Å²) in [5.74, 6) is -0.160. The average Bonchev–Trinajstić information content (AvgIpc) is 2.20. The third-order valence-corrected chi connectivity index (χ3v) is 2.11. The van der Waals surface area contributed by atoms with Gasteiger partial charge in [0.05, 0.1) is 12.2 Å². The maximum absolute atomic E-state index is 12.8. The number of rotatable bonds is 5.